The molecule has 2 aromatic rings. The van der Waals surface area contributed by atoms with Gasteiger partial charge in [-0.05, 0) is 30.2 Å². The number of aryl methyl sites for hydroxylation is 1. The minimum absolute atomic E-state index is 0.217. The lowest BCUT2D eigenvalue weighted by Crippen LogP contribution is -2.24. The Balaban J connectivity index is 1.85. The summed E-state index contributed by atoms with van der Waals surface area (Å²) < 4.78 is 0. The molecule has 5 heteroatoms. The van der Waals surface area contributed by atoms with E-state index in [0.717, 1.165) is 16.0 Å². The second-order valence-electron chi connectivity index (χ2n) is 5.55. The Bertz CT molecular complexity index is 827. The fourth-order valence-electron chi connectivity index (χ4n) is 2.68. The molecule has 0 atom stereocenters. The summed E-state index contributed by atoms with van der Waals surface area (Å²) in [6.45, 7) is 1.94. The largest absolute Gasteiger partial charge is 0.325 e. The maximum Gasteiger partial charge on any atom is 0.263 e. The van der Waals surface area contributed by atoms with Gasteiger partial charge in [-0.25, -0.2) is 0 Å². The first kappa shape index (κ1) is 15.0. The summed E-state index contributed by atoms with van der Waals surface area (Å²) >= 11 is 0. The Morgan fingerprint density at radius 1 is 1.04 bits per heavy atom. The van der Waals surface area contributed by atoms with Crippen molar-refractivity contribution in [3.63, 3.8) is 0 Å². The summed E-state index contributed by atoms with van der Waals surface area (Å²) in [4.78, 5) is 37.5. The molecule has 0 fully saturated rings. The SMILES string of the molecule is Cc1ccccc1CC(=O)Nc1cccc2c1C(=O)N(C)C2=O. The summed E-state index contributed by atoms with van der Waals surface area (Å²) in [5, 5.41) is 2.75. The molecule has 1 N–H and O–H groups in total. The average molecular weight is 308 g/mol. The first-order valence-corrected chi connectivity index (χ1v) is 7.29. The quantitative estimate of drug-likeness (QED) is 0.885. The molecule has 2 aromatic carbocycles. The number of anilines is 1. The standard InChI is InChI=1S/C18H16N2O3/c1-11-6-3-4-7-12(11)10-15(21)19-14-9-5-8-13-16(14)18(23)20(2)17(13)22/h3-9H,10H2,1-2H3,(H,19,21). The number of hydrogen-bond acceptors (Lipinski definition) is 3. The van der Waals surface area contributed by atoms with Crippen LogP contribution in [0.25, 0.3) is 0 Å². The maximum absolute atomic E-state index is 12.3. The lowest BCUT2D eigenvalue weighted by molar-refractivity contribution is -0.115. The van der Waals surface area contributed by atoms with E-state index in [-0.39, 0.29) is 23.8 Å². The van der Waals surface area contributed by atoms with E-state index < -0.39 is 5.91 Å². The fourth-order valence-corrected chi connectivity index (χ4v) is 2.68. The highest BCUT2D eigenvalue weighted by Gasteiger charge is 2.35. The van der Waals surface area contributed by atoms with Crippen molar-refractivity contribution in [1.29, 1.82) is 0 Å². The van der Waals surface area contributed by atoms with Crippen LogP contribution >= 0.6 is 0 Å². The van der Waals surface area contributed by atoms with Gasteiger partial charge in [0.15, 0.2) is 0 Å². The van der Waals surface area contributed by atoms with E-state index in [2.05, 4.69) is 5.32 Å². The lowest BCUT2D eigenvalue weighted by atomic mass is 10.0. The minimum Gasteiger partial charge on any atom is -0.325 e. The molecule has 0 spiro atoms. The molecule has 0 radical (unpaired) electrons. The number of carbonyl (C=O) groups excluding carboxylic acids is 3. The second kappa shape index (κ2) is 5.68. The third-order valence-electron chi connectivity index (χ3n) is 4.00. The number of imide groups is 1. The van der Waals surface area contributed by atoms with Crippen molar-refractivity contribution >= 4 is 23.4 Å². The first-order chi connectivity index (χ1) is 11.0. The average Bonchev–Trinajstić information content (AvgIpc) is 2.75. The fraction of sp³-hybridized carbons (Fsp3) is 0.167. The third-order valence-corrected chi connectivity index (χ3v) is 4.00. The van der Waals surface area contributed by atoms with Crippen LogP contribution in [0.15, 0.2) is 42.5 Å². The molecule has 5 nitrogen and oxygen atoms in total. The van der Waals surface area contributed by atoms with E-state index in [1.54, 1.807) is 18.2 Å². The summed E-state index contributed by atoms with van der Waals surface area (Å²) in [6.07, 6.45) is 0.217. The van der Waals surface area contributed by atoms with Crippen LogP contribution in [-0.2, 0) is 11.2 Å². The zero-order valence-corrected chi connectivity index (χ0v) is 12.9. The maximum atomic E-state index is 12.3. The third kappa shape index (κ3) is 2.61. The van der Waals surface area contributed by atoms with Gasteiger partial charge in [-0.15, -0.1) is 0 Å². The number of nitrogens with one attached hydrogen (secondary N) is 1. The van der Waals surface area contributed by atoms with Gasteiger partial charge >= 0.3 is 0 Å². The summed E-state index contributed by atoms with van der Waals surface area (Å²) in [5.41, 5.74) is 2.93. The molecule has 1 heterocycles. The predicted octanol–water partition coefficient (Wildman–Crippen LogP) is 2.40. The van der Waals surface area contributed by atoms with Crippen molar-refractivity contribution in [1.82, 2.24) is 4.90 Å². The molecule has 0 bridgehead atoms. The zero-order valence-electron chi connectivity index (χ0n) is 12.9. The van der Waals surface area contributed by atoms with Crippen molar-refractivity contribution in [3.8, 4) is 0 Å². The van der Waals surface area contributed by atoms with Crippen molar-refractivity contribution < 1.29 is 14.4 Å². The Labute approximate surface area is 133 Å². The number of hydrogen-bond donors (Lipinski definition) is 1. The monoisotopic (exact) mass is 308 g/mol. The Morgan fingerprint density at radius 3 is 2.52 bits per heavy atom. The molecule has 0 unspecified atom stereocenters. The van der Waals surface area contributed by atoms with Crippen LogP contribution < -0.4 is 5.32 Å². The van der Waals surface area contributed by atoms with Crippen LogP contribution in [0.1, 0.15) is 31.8 Å². The molecule has 0 aromatic heterocycles. The minimum atomic E-state index is -0.392. The number of rotatable bonds is 3. The second-order valence-corrected chi connectivity index (χ2v) is 5.55. The molecule has 1 aliphatic heterocycles. The van der Waals surface area contributed by atoms with Crippen LogP contribution in [0, 0.1) is 6.92 Å². The molecule has 1 aliphatic rings. The van der Waals surface area contributed by atoms with Crippen LogP contribution in [0.3, 0.4) is 0 Å². The van der Waals surface area contributed by atoms with E-state index in [0.29, 0.717) is 11.3 Å². The number of benzene rings is 2. The van der Waals surface area contributed by atoms with Crippen LogP contribution in [0.2, 0.25) is 0 Å². The molecule has 23 heavy (non-hydrogen) atoms. The highest BCUT2D eigenvalue weighted by molar-refractivity contribution is 6.24. The molecule has 0 saturated carbocycles. The highest BCUT2D eigenvalue weighted by Crippen LogP contribution is 2.28. The van der Waals surface area contributed by atoms with Gasteiger partial charge in [-0.3, -0.25) is 19.3 Å². The molecule has 3 rings (SSSR count). The van der Waals surface area contributed by atoms with Gasteiger partial charge in [-0.2, -0.15) is 0 Å². The lowest BCUT2D eigenvalue weighted by Gasteiger charge is -2.10. The predicted molar refractivity (Wildman–Crippen MR) is 86.4 cm³/mol. The van der Waals surface area contributed by atoms with Crippen molar-refractivity contribution in [3.05, 3.63) is 64.7 Å². The van der Waals surface area contributed by atoms with Crippen LogP contribution in [0.4, 0.5) is 5.69 Å². The van der Waals surface area contributed by atoms with Gasteiger partial charge in [0.1, 0.15) is 0 Å². The van der Waals surface area contributed by atoms with Gasteiger partial charge in [-0.1, -0.05) is 30.3 Å². The Kier molecular flexibility index (Phi) is 3.70. The number of carbonyl (C=O) groups is 3. The van der Waals surface area contributed by atoms with Crippen molar-refractivity contribution in [2.75, 3.05) is 12.4 Å². The van der Waals surface area contributed by atoms with E-state index in [1.165, 1.54) is 7.05 Å². The molecular weight excluding hydrogens is 292 g/mol. The number of fused-ring (bicyclic) bond motifs is 1. The molecular formula is C18H16N2O3. The Hall–Kier alpha value is -2.95. The summed E-state index contributed by atoms with van der Waals surface area (Å²) in [5.74, 6) is -0.959. The summed E-state index contributed by atoms with van der Waals surface area (Å²) in [7, 11) is 1.43. The van der Waals surface area contributed by atoms with Crippen LogP contribution in [-0.4, -0.2) is 29.7 Å². The molecule has 0 aliphatic carbocycles. The van der Waals surface area contributed by atoms with E-state index in [9.17, 15) is 14.4 Å². The van der Waals surface area contributed by atoms with Crippen LogP contribution in [0.5, 0.6) is 0 Å². The normalized spacial score (nSPS) is 13.2. The van der Waals surface area contributed by atoms with Crippen molar-refractivity contribution in [2.24, 2.45) is 0 Å². The van der Waals surface area contributed by atoms with E-state index >= 15 is 0 Å². The van der Waals surface area contributed by atoms with Gasteiger partial charge in [0.25, 0.3) is 11.8 Å². The molecule has 0 saturated heterocycles. The first-order valence-electron chi connectivity index (χ1n) is 7.29. The smallest absolute Gasteiger partial charge is 0.263 e. The van der Waals surface area contributed by atoms with Crippen molar-refractivity contribution in [2.45, 2.75) is 13.3 Å². The van der Waals surface area contributed by atoms with Gasteiger partial charge in [0.2, 0.25) is 5.91 Å². The highest BCUT2D eigenvalue weighted by atomic mass is 16.2. The van der Waals surface area contributed by atoms with Gasteiger partial charge in [0.05, 0.1) is 23.2 Å². The Morgan fingerprint density at radius 2 is 1.78 bits per heavy atom. The molecule has 116 valence electrons. The molecule has 3 amide bonds. The zero-order chi connectivity index (χ0) is 16.6. The number of amides is 3. The topological polar surface area (TPSA) is 66.5 Å². The van der Waals surface area contributed by atoms with E-state index in [4.69, 9.17) is 0 Å². The number of nitrogens with zero attached hydrogens (tertiary/aromatic N) is 1. The van der Waals surface area contributed by atoms with Gasteiger partial charge < -0.3 is 5.32 Å². The summed E-state index contributed by atoms with van der Waals surface area (Å²) in [6, 6.07) is 12.5. The van der Waals surface area contributed by atoms with Gasteiger partial charge in [0, 0.05) is 7.05 Å². The van der Waals surface area contributed by atoms with E-state index in [1.807, 2.05) is 31.2 Å².